The van der Waals surface area contributed by atoms with Crippen LogP contribution < -0.4 is 10.8 Å². The molecule has 8 nitrogen and oxygen atoms in total. The number of carbonyl (C=O) groups is 2. The highest BCUT2D eigenvalue weighted by Crippen LogP contribution is 2.24. The molecule has 0 bridgehead atoms. The Hall–Kier alpha value is -4.26. The van der Waals surface area contributed by atoms with Crippen LogP contribution in [0.15, 0.2) is 132 Å². The summed E-state index contributed by atoms with van der Waals surface area (Å²) >= 11 is 20.5. The Kier molecular flexibility index (Phi) is 17.5. The van der Waals surface area contributed by atoms with E-state index in [-0.39, 0.29) is 0 Å². The van der Waals surface area contributed by atoms with Crippen LogP contribution in [-0.2, 0) is 6.54 Å². The van der Waals surface area contributed by atoms with E-state index in [1.807, 2.05) is 49.5 Å². The molecule has 3 N–H and O–H groups in total. The van der Waals surface area contributed by atoms with Crippen molar-refractivity contribution in [2.24, 2.45) is 0 Å². The first-order chi connectivity index (χ1) is 24.2. The molecule has 0 fully saturated rings. The van der Waals surface area contributed by atoms with Crippen molar-refractivity contribution >= 4 is 75.9 Å². The SMILES string of the molecule is CNCc1cccnc1-c1cccc(Cl)c1.O=Cc1cccnc1-c1cccc(Cl)c1.O=Cc1cccnc1Br.OB(O)c1cccc(Cl)c1. The molecule has 13 heteroatoms. The highest BCUT2D eigenvalue weighted by molar-refractivity contribution is 9.10. The van der Waals surface area contributed by atoms with E-state index in [0.717, 1.165) is 41.0 Å². The van der Waals surface area contributed by atoms with Gasteiger partial charge in [-0.3, -0.25) is 19.6 Å². The zero-order valence-electron chi connectivity index (χ0n) is 26.6. The van der Waals surface area contributed by atoms with Crippen molar-refractivity contribution in [2.75, 3.05) is 7.05 Å². The first-order valence-electron chi connectivity index (χ1n) is 14.8. The van der Waals surface area contributed by atoms with Crippen molar-refractivity contribution in [3.8, 4) is 22.5 Å². The Balaban J connectivity index is 0.000000185. The van der Waals surface area contributed by atoms with E-state index in [1.165, 1.54) is 11.6 Å². The first-order valence-corrected chi connectivity index (χ1v) is 16.8. The van der Waals surface area contributed by atoms with Crippen molar-refractivity contribution in [1.82, 2.24) is 20.3 Å². The van der Waals surface area contributed by atoms with E-state index in [0.29, 0.717) is 36.9 Å². The fraction of sp³-hybridized carbons (Fsp3) is 0.0541. The van der Waals surface area contributed by atoms with Gasteiger partial charge < -0.3 is 15.4 Å². The number of benzene rings is 3. The van der Waals surface area contributed by atoms with E-state index in [2.05, 4.69) is 42.3 Å². The summed E-state index contributed by atoms with van der Waals surface area (Å²) in [6.07, 6.45) is 6.63. The molecule has 0 unspecified atom stereocenters. The summed E-state index contributed by atoms with van der Waals surface area (Å²) in [5, 5.41) is 22.3. The van der Waals surface area contributed by atoms with Crippen LogP contribution in [0.1, 0.15) is 26.3 Å². The number of aromatic nitrogens is 3. The lowest BCUT2D eigenvalue weighted by atomic mass is 9.81. The molecule has 0 spiro atoms. The largest absolute Gasteiger partial charge is 0.488 e. The molecule has 0 aliphatic carbocycles. The number of nitrogens with zero attached hydrogens (tertiary/aromatic N) is 3. The normalized spacial score (nSPS) is 9.82. The Bertz CT molecular complexity index is 1990. The minimum Gasteiger partial charge on any atom is -0.423 e. The third kappa shape index (κ3) is 13.2. The fourth-order valence-electron chi connectivity index (χ4n) is 4.21. The number of hydrogen-bond acceptors (Lipinski definition) is 8. The van der Waals surface area contributed by atoms with E-state index < -0.39 is 7.12 Å². The fourth-order valence-corrected chi connectivity index (χ4v) is 5.13. The van der Waals surface area contributed by atoms with Crippen LogP contribution in [0.25, 0.3) is 22.5 Å². The van der Waals surface area contributed by atoms with Crippen LogP contribution in [0.4, 0.5) is 0 Å². The maximum absolute atomic E-state index is 10.8. The quantitative estimate of drug-likeness (QED) is 0.0844. The number of aldehydes is 2. The number of rotatable bonds is 7. The van der Waals surface area contributed by atoms with Gasteiger partial charge in [0.15, 0.2) is 12.6 Å². The monoisotopic (exact) mass is 790 g/mol. The van der Waals surface area contributed by atoms with Crippen molar-refractivity contribution < 1.29 is 19.6 Å². The van der Waals surface area contributed by atoms with Gasteiger partial charge in [-0.1, -0.05) is 77.3 Å². The van der Waals surface area contributed by atoms with Gasteiger partial charge in [-0.05, 0) is 101 Å². The molecule has 0 saturated carbocycles. The Labute approximate surface area is 314 Å². The predicted molar refractivity (Wildman–Crippen MR) is 206 cm³/mol. The molecule has 0 aliphatic rings. The molecule has 254 valence electrons. The summed E-state index contributed by atoms with van der Waals surface area (Å²) in [4.78, 5) is 33.4. The zero-order valence-corrected chi connectivity index (χ0v) is 30.5. The minimum absolute atomic E-state index is 0.410. The lowest BCUT2D eigenvalue weighted by Crippen LogP contribution is -2.29. The second kappa shape index (κ2) is 21.7. The van der Waals surface area contributed by atoms with E-state index in [4.69, 9.17) is 44.9 Å². The topological polar surface area (TPSA) is 125 Å². The smallest absolute Gasteiger partial charge is 0.423 e. The molecule has 3 heterocycles. The molecule has 0 atom stereocenters. The maximum atomic E-state index is 10.8. The molecule has 6 aromatic rings. The Morgan fingerprint density at radius 1 is 0.660 bits per heavy atom. The first kappa shape index (κ1) is 40.2. The molecule has 3 aromatic carbocycles. The second-order valence-electron chi connectivity index (χ2n) is 10.1. The van der Waals surface area contributed by atoms with E-state index in [9.17, 15) is 9.59 Å². The van der Waals surface area contributed by atoms with Crippen LogP contribution in [0.5, 0.6) is 0 Å². The Morgan fingerprint density at radius 3 is 1.64 bits per heavy atom. The van der Waals surface area contributed by atoms with Crippen molar-refractivity contribution in [3.63, 3.8) is 0 Å². The van der Waals surface area contributed by atoms with Gasteiger partial charge >= 0.3 is 7.12 Å². The van der Waals surface area contributed by atoms with Crippen LogP contribution in [-0.4, -0.2) is 51.7 Å². The van der Waals surface area contributed by atoms with Crippen LogP contribution in [0.3, 0.4) is 0 Å². The third-order valence-corrected chi connectivity index (χ3v) is 7.85. The number of pyridine rings is 3. The summed E-state index contributed by atoms with van der Waals surface area (Å²) in [7, 11) is 0.494. The molecule has 0 amide bonds. The van der Waals surface area contributed by atoms with Gasteiger partial charge in [0, 0.05) is 62.5 Å². The lowest BCUT2D eigenvalue weighted by Gasteiger charge is -2.08. The molecule has 3 aromatic heterocycles. The van der Waals surface area contributed by atoms with E-state index in [1.54, 1.807) is 73.2 Å². The predicted octanol–water partition coefficient (Wildman–Crippen LogP) is 8.01. The van der Waals surface area contributed by atoms with Crippen molar-refractivity contribution in [3.05, 3.63) is 164 Å². The highest BCUT2D eigenvalue weighted by atomic mass is 79.9. The van der Waals surface area contributed by atoms with Crippen molar-refractivity contribution in [2.45, 2.75) is 6.54 Å². The number of hydrogen-bond donors (Lipinski definition) is 3. The molecule has 50 heavy (non-hydrogen) atoms. The van der Waals surface area contributed by atoms with Gasteiger partial charge in [-0.25, -0.2) is 4.98 Å². The molecular weight excluding hydrogens is 762 g/mol. The molecule has 0 saturated heterocycles. The van der Waals surface area contributed by atoms with Gasteiger partial charge in [0.25, 0.3) is 0 Å². The van der Waals surface area contributed by atoms with Gasteiger partial charge in [0.05, 0.1) is 11.4 Å². The summed E-state index contributed by atoms with van der Waals surface area (Å²) in [5.74, 6) is 0. The summed E-state index contributed by atoms with van der Waals surface area (Å²) in [5.41, 5.74) is 6.29. The zero-order chi connectivity index (χ0) is 36.3. The van der Waals surface area contributed by atoms with Gasteiger partial charge in [0.2, 0.25) is 0 Å². The average molecular weight is 793 g/mol. The van der Waals surface area contributed by atoms with Gasteiger partial charge in [0.1, 0.15) is 4.60 Å². The lowest BCUT2D eigenvalue weighted by molar-refractivity contribution is 0.111. The molecule has 6 rings (SSSR count). The van der Waals surface area contributed by atoms with Gasteiger partial charge in [-0.2, -0.15) is 0 Å². The highest BCUT2D eigenvalue weighted by Gasteiger charge is 2.09. The standard InChI is InChI=1S/C13H13ClN2.C12H8ClNO.C6H6BClO2.C6H4BrNO/c1-15-9-11-5-3-7-16-13(11)10-4-2-6-12(14)8-10;13-11-5-1-3-9(7-11)12-10(8-15)4-2-6-14-12;8-6-3-1-2-5(4-6)7(9)10;7-6-5(4-9)2-1-3-8-6/h2-8,15H,9H2,1H3;1-8H;1-4,9-10H;1-4H. The second-order valence-corrected chi connectivity index (χ2v) is 12.1. The molecule has 0 aliphatic heterocycles. The average Bonchev–Trinajstić information content (AvgIpc) is 3.13. The molecule has 0 radical (unpaired) electrons. The summed E-state index contributed by atoms with van der Waals surface area (Å²) in [6, 6.07) is 32.4. The van der Waals surface area contributed by atoms with Gasteiger partial charge in [-0.15, -0.1) is 0 Å². The minimum atomic E-state index is -1.43. The summed E-state index contributed by atoms with van der Waals surface area (Å²) in [6.45, 7) is 0.801. The van der Waals surface area contributed by atoms with Crippen LogP contribution >= 0.6 is 50.7 Å². The maximum Gasteiger partial charge on any atom is 0.488 e. The van der Waals surface area contributed by atoms with Crippen molar-refractivity contribution in [1.29, 1.82) is 0 Å². The molecular formula is C37H31BBrCl3N4O4. The Morgan fingerprint density at radius 2 is 1.16 bits per heavy atom. The number of halogens is 4. The summed E-state index contributed by atoms with van der Waals surface area (Å²) < 4.78 is 0.597. The number of carbonyl (C=O) groups excluding carboxylic acids is 2. The third-order valence-electron chi connectivity index (χ3n) is 6.48. The number of nitrogens with one attached hydrogen (secondary N) is 1. The van der Waals surface area contributed by atoms with Crippen LogP contribution in [0.2, 0.25) is 15.1 Å². The van der Waals surface area contributed by atoms with Crippen LogP contribution in [0, 0.1) is 0 Å². The van der Waals surface area contributed by atoms with E-state index >= 15 is 0 Å².